The summed E-state index contributed by atoms with van der Waals surface area (Å²) in [5, 5.41) is 9.41. The molecule has 1 saturated heterocycles. The molecule has 4 heteroatoms. The maximum Gasteiger partial charge on any atom is 0.122 e. The predicted molar refractivity (Wildman–Crippen MR) is 104 cm³/mol. The molecule has 1 fully saturated rings. The number of likely N-dealkylation sites (tertiary alicyclic amines) is 1. The van der Waals surface area contributed by atoms with E-state index in [2.05, 4.69) is 30.9 Å². The number of ether oxygens (including phenoxy) is 2. The molecule has 0 radical (unpaired) electrons. The third-order valence-corrected chi connectivity index (χ3v) is 5.36. The average molecular weight is 355 g/mol. The molecule has 0 atom stereocenters. The van der Waals surface area contributed by atoms with Gasteiger partial charge in [0.15, 0.2) is 0 Å². The van der Waals surface area contributed by atoms with Crippen molar-refractivity contribution in [3.8, 4) is 11.5 Å². The smallest absolute Gasteiger partial charge is 0.122 e. The van der Waals surface area contributed by atoms with E-state index in [4.69, 9.17) is 9.47 Å². The first kappa shape index (κ1) is 18.7. The summed E-state index contributed by atoms with van der Waals surface area (Å²) in [6, 6.07) is 13.7. The lowest BCUT2D eigenvalue weighted by Crippen LogP contribution is -2.48. The Labute approximate surface area is 156 Å². The van der Waals surface area contributed by atoms with E-state index >= 15 is 0 Å². The number of aryl methyl sites for hydroxylation is 2. The van der Waals surface area contributed by atoms with E-state index < -0.39 is 0 Å². The first-order chi connectivity index (χ1) is 12.5. The zero-order chi connectivity index (χ0) is 18.6. The van der Waals surface area contributed by atoms with Gasteiger partial charge in [0.05, 0.1) is 0 Å². The van der Waals surface area contributed by atoms with Crippen molar-refractivity contribution in [2.24, 2.45) is 0 Å². The number of piperidine rings is 1. The van der Waals surface area contributed by atoms with E-state index in [9.17, 15) is 5.11 Å². The van der Waals surface area contributed by atoms with Crippen LogP contribution in [0.25, 0.3) is 0 Å². The van der Waals surface area contributed by atoms with E-state index in [0.29, 0.717) is 12.4 Å². The van der Waals surface area contributed by atoms with Crippen LogP contribution in [0, 0.1) is 13.8 Å². The Kier molecular flexibility index (Phi) is 5.84. The molecule has 0 unspecified atom stereocenters. The molecule has 0 amide bonds. The standard InChI is InChI=1S/C22H29NO3/c1-17-4-9-21(18(2)14-17)26-16-22(25-3)10-12-23(13-11-22)15-19-5-7-20(24)8-6-19/h4-9,14,24H,10-13,15-16H2,1-3H3. The molecule has 26 heavy (non-hydrogen) atoms. The topological polar surface area (TPSA) is 41.9 Å². The van der Waals surface area contributed by atoms with Crippen molar-refractivity contribution in [1.29, 1.82) is 0 Å². The van der Waals surface area contributed by atoms with Crippen molar-refractivity contribution < 1.29 is 14.6 Å². The van der Waals surface area contributed by atoms with Gasteiger partial charge < -0.3 is 14.6 Å². The van der Waals surface area contributed by atoms with Crippen molar-refractivity contribution in [1.82, 2.24) is 4.90 Å². The predicted octanol–water partition coefficient (Wildman–Crippen LogP) is 4.07. The van der Waals surface area contributed by atoms with Crippen LogP contribution in [0.15, 0.2) is 42.5 Å². The second kappa shape index (κ2) is 8.11. The van der Waals surface area contributed by atoms with E-state index in [1.54, 1.807) is 19.2 Å². The van der Waals surface area contributed by atoms with Crippen LogP contribution in [0.1, 0.15) is 29.5 Å². The van der Waals surface area contributed by atoms with Gasteiger partial charge in [0.2, 0.25) is 0 Å². The Balaban J connectivity index is 1.55. The summed E-state index contributed by atoms with van der Waals surface area (Å²) in [7, 11) is 1.79. The zero-order valence-electron chi connectivity index (χ0n) is 16.0. The van der Waals surface area contributed by atoms with Gasteiger partial charge in [0, 0.05) is 26.7 Å². The van der Waals surface area contributed by atoms with Crippen LogP contribution in [0.2, 0.25) is 0 Å². The highest BCUT2D eigenvalue weighted by Crippen LogP contribution is 2.29. The number of aromatic hydroxyl groups is 1. The number of hydrogen-bond donors (Lipinski definition) is 1. The van der Waals surface area contributed by atoms with Gasteiger partial charge in [-0.2, -0.15) is 0 Å². The normalized spacial score (nSPS) is 17.2. The van der Waals surface area contributed by atoms with Crippen molar-refractivity contribution in [3.05, 3.63) is 59.2 Å². The SMILES string of the molecule is COC1(COc2ccc(C)cc2C)CCN(Cc2ccc(O)cc2)CC1. The highest BCUT2D eigenvalue weighted by atomic mass is 16.5. The second-order valence-corrected chi connectivity index (χ2v) is 7.39. The molecule has 1 N–H and O–H groups in total. The molecule has 1 aliphatic heterocycles. The fraction of sp³-hybridized carbons (Fsp3) is 0.455. The number of phenolic OH excluding ortho intramolecular Hbond substituents is 1. The summed E-state index contributed by atoms with van der Waals surface area (Å²) in [6.07, 6.45) is 1.90. The first-order valence-corrected chi connectivity index (χ1v) is 9.25. The molecule has 4 nitrogen and oxygen atoms in total. The van der Waals surface area contributed by atoms with Crippen LogP contribution < -0.4 is 4.74 Å². The largest absolute Gasteiger partial charge is 0.508 e. The number of phenols is 1. The van der Waals surface area contributed by atoms with Crippen LogP contribution in [0.5, 0.6) is 11.5 Å². The van der Waals surface area contributed by atoms with Crippen LogP contribution in [-0.4, -0.2) is 42.4 Å². The highest BCUT2D eigenvalue weighted by molar-refractivity contribution is 5.35. The van der Waals surface area contributed by atoms with Gasteiger partial charge in [-0.15, -0.1) is 0 Å². The van der Waals surface area contributed by atoms with E-state index in [1.165, 1.54) is 16.7 Å². The molecule has 2 aromatic carbocycles. The van der Waals surface area contributed by atoms with Crippen LogP contribution in [0.4, 0.5) is 0 Å². The van der Waals surface area contributed by atoms with Gasteiger partial charge in [0.1, 0.15) is 23.7 Å². The summed E-state index contributed by atoms with van der Waals surface area (Å²) < 4.78 is 12.0. The molecule has 140 valence electrons. The summed E-state index contributed by atoms with van der Waals surface area (Å²) in [5.74, 6) is 1.26. The molecule has 0 saturated carbocycles. The minimum atomic E-state index is -0.219. The summed E-state index contributed by atoms with van der Waals surface area (Å²) in [6.45, 7) is 7.62. The molecular formula is C22H29NO3. The minimum absolute atomic E-state index is 0.219. The van der Waals surface area contributed by atoms with E-state index in [-0.39, 0.29) is 5.60 Å². The third kappa shape index (κ3) is 4.57. The second-order valence-electron chi connectivity index (χ2n) is 7.39. The van der Waals surface area contributed by atoms with Gasteiger partial charge in [-0.1, -0.05) is 29.8 Å². The molecule has 0 spiro atoms. The van der Waals surface area contributed by atoms with Crippen molar-refractivity contribution in [2.45, 2.75) is 38.8 Å². The number of hydrogen-bond acceptors (Lipinski definition) is 4. The molecular weight excluding hydrogens is 326 g/mol. The van der Waals surface area contributed by atoms with Crippen LogP contribution in [0.3, 0.4) is 0 Å². The van der Waals surface area contributed by atoms with Crippen LogP contribution >= 0.6 is 0 Å². The lowest BCUT2D eigenvalue weighted by Gasteiger charge is -2.40. The molecule has 0 aliphatic carbocycles. The number of nitrogens with zero attached hydrogens (tertiary/aromatic N) is 1. The van der Waals surface area contributed by atoms with Gasteiger partial charge in [-0.3, -0.25) is 4.90 Å². The van der Waals surface area contributed by atoms with Crippen molar-refractivity contribution in [2.75, 3.05) is 26.8 Å². The molecule has 3 rings (SSSR count). The van der Waals surface area contributed by atoms with E-state index in [1.807, 2.05) is 18.2 Å². The maximum absolute atomic E-state index is 9.41. The minimum Gasteiger partial charge on any atom is -0.508 e. The highest BCUT2D eigenvalue weighted by Gasteiger charge is 2.35. The number of rotatable bonds is 6. The fourth-order valence-corrected chi connectivity index (χ4v) is 3.56. The molecule has 1 aliphatic rings. The van der Waals surface area contributed by atoms with Gasteiger partial charge in [-0.05, 0) is 56.0 Å². The quantitative estimate of drug-likeness (QED) is 0.848. The number of benzene rings is 2. The summed E-state index contributed by atoms with van der Waals surface area (Å²) in [5.41, 5.74) is 3.42. The van der Waals surface area contributed by atoms with Crippen LogP contribution in [-0.2, 0) is 11.3 Å². The molecule has 1 heterocycles. The van der Waals surface area contributed by atoms with Crippen molar-refractivity contribution in [3.63, 3.8) is 0 Å². The maximum atomic E-state index is 9.41. The fourth-order valence-electron chi connectivity index (χ4n) is 3.56. The van der Waals surface area contributed by atoms with Gasteiger partial charge >= 0.3 is 0 Å². The Morgan fingerprint density at radius 3 is 2.35 bits per heavy atom. The lowest BCUT2D eigenvalue weighted by atomic mass is 9.91. The van der Waals surface area contributed by atoms with Gasteiger partial charge in [0.25, 0.3) is 0 Å². The first-order valence-electron chi connectivity index (χ1n) is 9.25. The average Bonchev–Trinajstić information content (AvgIpc) is 2.64. The van der Waals surface area contributed by atoms with Crippen molar-refractivity contribution >= 4 is 0 Å². The summed E-state index contributed by atoms with van der Waals surface area (Å²) >= 11 is 0. The van der Waals surface area contributed by atoms with Gasteiger partial charge in [-0.25, -0.2) is 0 Å². The summed E-state index contributed by atoms with van der Waals surface area (Å²) in [4.78, 5) is 2.43. The Hall–Kier alpha value is -2.04. The zero-order valence-corrected chi connectivity index (χ0v) is 16.0. The Morgan fingerprint density at radius 2 is 1.73 bits per heavy atom. The monoisotopic (exact) mass is 355 g/mol. The Bertz CT molecular complexity index is 719. The molecule has 2 aromatic rings. The molecule has 0 bridgehead atoms. The number of methoxy groups -OCH3 is 1. The Morgan fingerprint density at radius 1 is 1.04 bits per heavy atom. The molecule has 0 aromatic heterocycles. The van der Waals surface area contributed by atoms with E-state index in [0.717, 1.165) is 38.2 Å². The third-order valence-electron chi connectivity index (χ3n) is 5.36. The lowest BCUT2D eigenvalue weighted by molar-refractivity contribution is -0.0840.